The van der Waals surface area contributed by atoms with E-state index in [1.165, 1.54) is 18.5 Å². The van der Waals surface area contributed by atoms with E-state index in [0.29, 0.717) is 6.04 Å². The molecule has 1 aromatic heterocycles. The Kier molecular flexibility index (Phi) is 4.20. The van der Waals surface area contributed by atoms with Crippen molar-refractivity contribution in [2.45, 2.75) is 32.2 Å². The minimum atomic E-state index is 0.319. The second-order valence-corrected chi connectivity index (χ2v) is 4.67. The monoisotopic (exact) mass is 234 g/mol. The molecule has 4 heteroatoms. The van der Waals surface area contributed by atoms with E-state index in [1.807, 2.05) is 6.20 Å². The predicted octanol–water partition coefficient (Wildman–Crippen LogP) is 1.83. The van der Waals surface area contributed by atoms with Crippen molar-refractivity contribution in [1.82, 2.24) is 4.98 Å². The number of nitrogens with two attached hydrogens (primary N) is 1. The van der Waals surface area contributed by atoms with E-state index in [4.69, 9.17) is 5.73 Å². The molecule has 2 rings (SSSR count). The fraction of sp³-hybridized carbons (Fsp3) is 0.615. The average molecular weight is 234 g/mol. The summed E-state index contributed by atoms with van der Waals surface area (Å²) in [6.07, 6.45) is 5.34. The van der Waals surface area contributed by atoms with Crippen LogP contribution < -0.4 is 16.0 Å². The number of anilines is 2. The van der Waals surface area contributed by atoms with Crippen molar-refractivity contribution in [3.63, 3.8) is 0 Å². The number of pyridine rings is 1. The average Bonchev–Trinajstić information content (AvgIpc) is 2.77. The van der Waals surface area contributed by atoms with E-state index in [2.05, 4.69) is 34.3 Å². The van der Waals surface area contributed by atoms with Gasteiger partial charge in [0.25, 0.3) is 0 Å². The third-order valence-corrected chi connectivity index (χ3v) is 3.17. The molecule has 1 fully saturated rings. The lowest BCUT2D eigenvalue weighted by molar-refractivity contribution is 0.752. The largest absolute Gasteiger partial charge is 0.370 e. The number of unbranched alkanes of at least 4 members (excludes halogenated alkanes) is 1. The van der Waals surface area contributed by atoms with Gasteiger partial charge in [-0.2, -0.15) is 0 Å². The summed E-state index contributed by atoms with van der Waals surface area (Å²) in [5.74, 6) is 0.969. The highest BCUT2D eigenvalue weighted by Crippen LogP contribution is 2.21. The van der Waals surface area contributed by atoms with Crippen molar-refractivity contribution < 1.29 is 0 Å². The minimum Gasteiger partial charge on any atom is -0.370 e. The Labute approximate surface area is 103 Å². The topological polar surface area (TPSA) is 54.2 Å². The maximum atomic E-state index is 5.93. The van der Waals surface area contributed by atoms with E-state index in [0.717, 1.165) is 31.9 Å². The molecular formula is C13H22N4. The lowest BCUT2D eigenvalue weighted by atomic mass is 10.3. The number of hydrogen-bond donors (Lipinski definition) is 2. The number of nitrogens with zero attached hydrogens (tertiary/aromatic N) is 2. The number of rotatable bonds is 5. The zero-order valence-corrected chi connectivity index (χ0v) is 10.5. The van der Waals surface area contributed by atoms with Gasteiger partial charge in [-0.15, -0.1) is 0 Å². The summed E-state index contributed by atoms with van der Waals surface area (Å²) in [7, 11) is 0. The van der Waals surface area contributed by atoms with Crippen LogP contribution in [0.15, 0.2) is 18.3 Å². The van der Waals surface area contributed by atoms with E-state index >= 15 is 0 Å². The molecule has 0 amide bonds. The summed E-state index contributed by atoms with van der Waals surface area (Å²) in [6.45, 7) is 5.20. The summed E-state index contributed by atoms with van der Waals surface area (Å²) >= 11 is 0. The highest BCUT2D eigenvalue weighted by Gasteiger charge is 2.19. The van der Waals surface area contributed by atoms with Gasteiger partial charge >= 0.3 is 0 Å². The van der Waals surface area contributed by atoms with Crippen LogP contribution in [0, 0.1) is 0 Å². The molecule has 1 aliphatic rings. The molecule has 1 atom stereocenters. The third kappa shape index (κ3) is 3.33. The first kappa shape index (κ1) is 12.2. The van der Waals surface area contributed by atoms with E-state index in [9.17, 15) is 0 Å². The first-order valence-electron chi connectivity index (χ1n) is 6.50. The molecule has 0 unspecified atom stereocenters. The molecule has 3 N–H and O–H groups in total. The number of nitrogens with one attached hydrogen (secondary N) is 1. The van der Waals surface area contributed by atoms with E-state index in [1.54, 1.807) is 0 Å². The zero-order valence-electron chi connectivity index (χ0n) is 10.5. The van der Waals surface area contributed by atoms with Crippen molar-refractivity contribution in [3.8, 4) is 0 Å². The molecule has 0 aliphatic carbocycles. The lowest BCUT2D eigenvalue weighted by Gasteiger charge is -2.18. The summed E-state index contributed by atoms with van der Waals surface area (Å²) in [6, 6.07) is 4.50. The van der Waals surface area contributed by atoms with E-state index < -0.39 is 0 Å². The first-order valence-corrected chi connectivity index (χ1v) is 6.50. The molecule has 4 nitrogen and oxygen atoms in total. The van der Waals surface area contributed by atoms with Crippen molar-refractivity contribution in [1.29, 1.82) is 0 Å². The van der Waals surface area contributed by atoms with Crippen LogP contribution in [0.3, 0.4) is 0 Å². The summed E-state index contributed by atoms with van der Waals surface area (Å²) < 4.78 is 0. The molecule has 0 bridgehead atoms. The molecule has 1 aromatic rings. The second-order valence-electron chi connectivity index (χ2n) is 4.67. The van der Waals surface area contributed by atoms with Gasteiger partial charge < -0.3 is 16.0 Å². The molecule has 0 aromatic carbocycles. The molecular weight excluding hydrogens is 212 g/mol. The Balaban J connectivity index is 1.96. The lowest BCUT2D eigenvalue weighted by Crippen LogP contribution is -2.26. The second kappa shape index (κ2) is 5.87. The van der Waals surface area contributed by atoms with Crippen molar-refractivity contribution >= 4 is 11.5 Å². The van der Waals surface area contributed by atoms with Gasteiger partial charge in [-0.05, 0) is 18.9 Å². The molecule has 17 heavy (non-hydrogen) atoms. The molecule has 0 spiro atoms. The fourth-order valence-electron chi connectivity index (χ4n) is 2.13. The van der Waals surface area contributed by atoms with Crippen molar-refractivity contribution in [2.24, 2.45) is 5.73 Å². The molecule has 2 heterocycles. The normalized spacial score (nSPS) is 19.6. The molecule has 94 valence electrons. The summed E-state index contributed by atoms with van der Waals surface area (Å²) in [4.78, 5) is 6.66. The van der Waals surface area contributed by atoms with Gasteiger partial charge in [0.15, 0.2) is 0 Å². The maximum absolute atomic E-state index is 5.93. The van der Waals surface area contributed by atoms with Gasteiger partial charge in [-0.3, -0.25) is 0 Å². The number of aromatic nitrogens is 1. The highest BCUT2D eigenvalue weighted by molar-refractivity contribution is 5.54. The van der Waals surface area contributed by atoms with Gasteiger partial charge in [0.05, 0.1) is 0 Å². The van der Waals surface area contributed by atoms with Gasteiger partial charge in [0.1, 0.15) is 5.82 Å². The summed E-state index contributed by atoms with van der Waals surface area (Å²) in [5.41, 5.74) is 7.15. The van der Waals surface area contributed by atoms with Crippen molar-refractivity contribution in [2.75, 3.05) is 29.9 Å². The van der Waals surface area contributed by atoms with E-state index in [-0.39, 0.29) is 0 Å². The van der Waals surface area contributed by atoms with Gasteiger partial charge in [-0.25, -0.2) is 4.98 Å². The molecule has 1 saturated heterocycles. The van der Waals surface area contributed by atoms with Gasteiger partial charge in [-0.1, -0.05) is 13.3 Å². The van der Waals surface area contributed by atoms with Gasteiger partial charge in [0.2, 0.25) is 0 Å². The van der Waals surface area contributed by atoms with Crippen molar-refractivity contribution in [3.05, 3.63) is 18.3 Å². The molecule has 1 aliphatic heterocycles. The Hall–Kier alpha value is -1.29. The molecule has 0 saturated carbocycles. The Morgan fingerprint density at radius 1 is 1.59 bits per heavy atom. The summed E-state index contributed by atoms with van der Waals surface area (Å²) in [5, 5.41) is 3.35. The predicted molar refractivity (Wildman–Crippen MR) is 72.4 cm³/mol. The van der Waals surface area contributed by atoms with Gasteiger partial charge in [0, 0.05) is 43.6 Å². The van der Waals surface area contributed by atoms with Crippen LogP contribution in [-0.4, -0.2) is 30.7 Å². The van der Waals surface area contributed by atoms with Crippen LogP contribution in [0.5, 0.6) is 0 Å². The van der Waals surface area contributed by atoms with Crippen LogP contribution in [0.4, 0.5) is 11.5 Å². The van der Waals surface area contributed by atoms with Crippen LogP contribution in [0.2, 0.25) is 0 Å². The SMILES string of the molecule is CCCCNc1cc(N2CC[C@@H](N)C2)ccn1. The zero-order chi connectivity index (χ0) is 12.1. The Morgan fingerprint density at radius 3 is 3.18 bits per heavy atom. The van der Waals surface area contributed by atoms with Crippen LogP contribution >= 0.6 is 0 Å². The smallest absolute Gasteiger partial charge is 0.127 e. The maximum Gasteiger partial charge on any atom is 0.127 e. The Bertz CT molecular complexity index is 353. The first-order chi connectivity index (χ1) is 8.29. The van der Waals surface area contributed by atoms with Crippen LogP contribution in [-0.2, 0) is 0 Å². The van der Waals surface area contributed by atoms with Crippen LogP contribution in [0.1, 0.15) is 26.2 Å². The fourth-order valence-corrected chi connectivity index (χ4v) is 2.13. The van der Waals surface area contributed by atoms with Crippen LogP contribution in [0.25, 0.3) is 0 Å². The highest BCUT2D eigenvalue weighted by atomic mass is 15.2. The quantitative estimate of drug-likeness (QED) is 0.763. The molecule has 0 radical (unpaired) electrons. The standard InChI is InChI=1S/C13H22N4/c1-2-3-6-15-13-9-12(4-7-16-13)17-8-5-11(14)10-17/h4,7,9,11H,2-3,5-6,8,10,14H2,1H3,(H,15,16)/t11-/m1/s1. The number of hydrogen-bond acceptors (Lipinski definition) is 4. The Morgan fingerprint density at radius 2 is 2.47 bits per heavy atom. The third-order valence-electron chi connectivity index (χ3n) is 3.17. The minimum absolute atomic E-state index is 0.319.